The molecule has 1 saturated heterocycles. The molecule has 0 unspecified atom stereocenters. The summed E-state index contributed by atoms with van der Waals surface area (Å²) in [5.74, 6) is 2.66. The summed E-state index contributed by atoms with van der Waals surface area (Å²) < 4.78 is 10.9. The van der Waals surface area contributed by atoms with Crippen molar-refractivity contribution in [1.29, 1.82) is 0 Å². The van der Waals surface area contributed by atoms with Crippen LogP contribution in [0.2, 0.25) is 0 Å². The van der Waals surface area contributed by atoms with Crippen LogP contribution in [-0.4, -0.2) is 48.1 Å². The minimum absolute atomic E-state index is 0. The van der Waals surface area contributed by atoms with Gasteiger partial charge in [0.25, 0.3) is 0 Å². The number of halogens is 1. The lowest BCUT2D eigenvalue weighted by Gasteiger charge is -2.35. The van der Waals surface area contributed by atoms with Crippen LogP contribution in [0, 0.1) is 0 Å². The van der Waals surface area contributed by atoms with Gasteiger partial charge in [-0.05, 0) is 17.7 Å². The molecule has 1 aromatic heterocycles. The highest BCUT2D eigenvalue weighted by molar-refractivity contribution is 6.00. The standard InChI is InChI=1S/C26H24N4O2.ClH/c1-2-6-20(7-3-1)25-21-8-4-5-9-22(21)26(28-27-25)30-14-12-29(13-15-30)17-19-10-11-23-24(16-19)32-18-31-23;/h1-11,16H,12-15,17-18H2;1H. The molecule has 7 heteroatoms. The average Bonchev–Trinajstić information content (AvgIpc) is 3.32. The smallest absolute Gasteiger partial charge is 0.231 e. The molecule has 3 aromatic carbocycles. The number of rotatable bonds is 4. The Morgan fingerprint density at radius 3 is 2.27 bits per heavy atom. The summed E-state index contributed by atoms with van der Waals surface area (Å²) in [4.78, 5) is 4.84. The van der Waals surface area contributed by atoms with E-state index in [4.69, 9.17) is 9.47 Å². The number of benzene rings is 3. The Morgan fingerprint density at radius 2 is 1.45 bits per heavy atom. The Bertz CT molecular complexity index is 1260. The number of hydrogen-bond acceptors (Lipinski definition) is 6. The summed E-state index contributed by atoms with van der Waals surface area (Å²) >= 11 is 0. The summed E-state index contributed by atoms with van der Waals surface area (Å²) in [5, 5.41) is 11.6. The molecule has 0 saturated carbocycles. The molecule has 33 heavy (non-hydrogen) atoms. The zero-order valence-corrected chi connectivity index (χ0v) is 19.0. The molecule has 6 nitrogen and oxygen atoms in total. The number of ether oxygens (including phenoxy) is 2. The van der Waals surface area contributed by atoms with E-state index in [1.54, 1.807) is 0 Å². The molecule has 0 spiro atoms. The second kappa shape index (κ2) is 9.25. The molecule has 0 N–H and O–H groups in total. The number of piperazine rings is 1. The molecule has 2 aliphatic heterocycles. The Labute approximate surface area is 199 Å². The molecule has 0 amide bonds. The third-order valence-electron chi connectivity index (χ3n) is 6.23. The highest BCUT2D eigenvalue weighted by atomic mass is 35.5. The topological polar surface area (TPSA) is 50.7 Å². The van der Waals surface area contributed by atoms with Crippen molar-refractivity contribution in [2.45, 2.75) is 6.54 Å². The minimum atomic E-state index is 0. The van der Waals surface area contributed by atoms with Crippen LogP contribution >= 0.6 is 12.4 Å². The van der Waals surface area contributed by atoms with Crippen molar-refractivity contribution in [2.24, 2.45) is 0 Å². The molecule has 1 fully saturated rings. The van der Waals surface area contributed by atoms with Crippen LogP contribution in [0.4, 0.5) is 5.82 Å². The first kappa shape index (κ1) is 21.5. The van der Waals surface area contributed by atoms with Crippen molar-refractivity contribution in [3.05, 3.63) is 78.4 Å². The van der Waals surface area contributed by atoms with Crippen molar-refractivity contribution in [3.8, 4) is 22.8 Å². The summed E-state index contributed by atoms with van der Waals surface area (Å²) in [6, 6.07) is 25.0. The van der Waals surface area contributed by atoms with Crippen molar-refractivity contribution in [3.63, 3.8) is 0 Å². The van der Waals surface area contributed by atoms with E-state index in [9.17, 15) is 0 Å². The molecule has 3 heterocycles. The summed E-state index contributed by atoms with van der Waals surface area (Å²) in [5.41, 5.74) is 3.28. The van der Waals surface area contributed by atoms with E-state index in [0.717, 1.165) is 72.1 Å². The normalized spacial score (nSPS) is 15.5. The maximum Gasteiger partial charge on any atom is 0.231 e. The third-order valence-corrected chi connectivity index (χ3v) is 6.23. The first-order valence-corrected chi connectivity index (χ1v) is 11.0. The van der Waals surface area contributed by atoms with E-state index in [2.05, 4.69) is 68.5 Å². The highest BCUT2D eigenvalue weighted by Crippen LogP contribution is 2.34. The molecular formula is C26H25ClN4O2. The summed E-state index contributed by atoms with van der Waals surface area (Å²) in [7, 11) is 0. The Morgan fingerprint density at radius 1 is 0.727 bits per heavy atom. The number of nitrogens with zero attached hydrogens (tertiary/aromatic N) is 4. The third kappa shape index (κ3) is 4.19. The van der Waals surface area contributed by atoms with Crippen molar-refractivity contribution >= 4 is 29.0 Å². The number of hydrogen-bond donors (Lipinski definition) is 0. The van der Waals surface area contributed by atoms with Gasteiger partial charge in [0.15, 0.2) is 17.3 Å². The SMILES string of the molecule is Cl.c1ccc(-c2nnc(N3CCN(Cc4ccc5c(c4)OCO5)CC3)c3ccccc23)cc1. The maximum absolute atomic E-state index is 5.52. The van der Waals surface area contributed by atoms with Gasteiger partial charge in [-0.15, -0.1) is 22.6 Å². The lowest BCUT2D eigenvalue weighted by molar-refractivity contribution is 0.174. The molecule has 2 aliphatic rings. The molecule has 0 aliphatic carbocycles. The van der Waals surface area contributed by atoms with Gasteiger partial charge in [-0.2, -0.15) is 0 Å². The zero-order chi connectivity index (χ0) is 21.3. The second-order valence-electron chi connectivity index (χ2n) is 8.23. The van der Waals surface area contributed by atoms with Crippen LogP contribution in [0.3, 0.4) is 0 Å². The van der Waals surface area contributed by atoms with Crippen molar-refractivity contribution < 1.29 is 9.47 Å². The number of anilines is 1. The lowest BCUT2D eigenvalue weighted by Crippen LogP contribution is -2.46. The highest BCUT2D eigenvalue weighted by Gasteiger charge is 2.22. The fourth-order valence-electron chi connectivity index (χ4n) is 4.55. The fraction of sp³-hybridized carbons (Fsp3) is 0.231. The van der Waals surface area contributed by atoms with Crippen LogP contribution in [0.1, 0.15) is 5.56 Å². The van der Waals surface area contributed by atoms with E-state index in [-0.39, 0.29) is 12.4 Å². The second-order valence-corrected chi connectivity index (χ2v) is 8.23. The first-order valence-electron chi connectivity index (χ1n) is 11.0. The summed E-state index contributed by atoms with van der Waals surface area (Å²) in [6.07, 6.45) is 0. The number of fused-ring (bicyclic) bond motifs is 2. The first-order chi connectivity index (χ1) is 15.8. The largest absolute Gasteiger partial charge is 0.454 e. The van der Waals surface area contributed by atoms with Gasteiger partial charge in [0.05, 0.1) is 0 Å². The predicted octanol–water partition coefficient (Wildman–Crippen LogP) is 4.77. The molecule has 6 rings (SSSR count). The van der Waals surface area contributed by atoms with Gasteiger partial charge < -0.3 is 14.4 Å². The van der Waals surface area contributed by atoms with E-state index in [1.165, 1.54) is 5.56 Å². The van der Waals surface area contributed by atoms with Crippen LogP contribution in [0.25, 0.3) is 22.0 Å². The van der Waals surface area contributed by atoms with Gasteiger partial charge in [0, 0.05) is 49.1 Å². The van der Waals surface area contributed by atoms with Gasteiger partial charge in [0.1, 0.15) is 5.69 Å². The molecule has 0 radical (unpaired) electrons. The molecule has 0 bridgehead atoms. The fourth-order valence-corrected chi connectivity index (χ4v) is 4.55. The molecule has 4 aromatic rings. The van der Waals surface area contributed by atoms with E-state index in [0.29, 0.717) is 6.79 Å². The minimum Gasteiger partial charge on any atom is -0.454 e. The van der Waals surface area contributed by atoms with Gasteiger partial charge in [0.2, 0.25) is 6.79 Å². The maximum atomic E-state index is 5.52. The Balaban J connectivity index is 0.00000228. The van der Waals surface area contributed by atoms with Gasteiger partial charge in [-0.3, -0.25) is 4.90 Å². The lowest BCUT2D eigenvalue weighted by atomic mass is 10.0. The van der Waals surface area contributed by atoms with Crippen LogP contribution < -0.4 is 14.4 Å². The van der Waals surface area contributed by atoms with Crippen molar-refractivity contribution in [1.82, 2.24) is 15.1 Å². The Hall–Kier alpha value is -3.35. The molecule has 0 atom stereocenters. The average molecular weight is 461 g/mol. The quantitative estimate of drug-likeness (QED) is 0.437. The molecule has 168 valence electrons. The van der Waals surface area contributed by atoms with Gasteiger partial charge in [-0.1, -0.05) is 60.7 Å². The van der Waals surface area contributed by atoms with Crippen LogP contribution in [-0.2, 0) is 6.54 Å². The predicted molar refractivity (Wildman–Crippen MR) is 132 cm³/mol. The Kier molecular flexibility index (Phi) is 6.03. The van der Waals surface area contributed by atoms with Crippen LogP contribution in [0.15, 0.2) is 72.8 Å². The van der Waals surface area contributed by atoms with Crippen LogP contribution in [0.5, 0.6) is 11.5 Å². The monoisotopic (exact) mass is 460 g/mol. The van der Waals surface area contributed by atoms with Gasteiger partial charge in [-0.25, -0.2) is 0 Å². The molecular weight excluding hydrogens is 436 g/mol. The number of aromatic nitrogens is 2. The summed E-state index contributed by atoms with van der Waals surface area (Å²) in [6.45, 7) is 5.02. The van der Waals surface area contributed by atoms with E-state index in [1.807, 2.05) is 24.3 Å². The van der Waals surface area contributed by atoms with Crippen molar-refractivity contribution in [2.75, 3.05) is 37.9 Å². The van der Waals surface area contributed by atoms with E-state index < -0.39 is 0 Å². The van der Waals surface area contributed by atoms with Gasteiger partial charge >= 0.3 is 0 Å². The zero-order valence-electron chi connectivity index (χ0n) is 18.2. The van der Waals surface area contributed by atoms with E-state index >= 15 is 0 Å².